The van der Waals surface area contributed by atoms with E-state index in [1.807, 2.05) is 13.8 Å². The summed E-state index contributed by atoms with van der Waals surface area (Å²) >= 11 is 5.72. The summed E-state index contributed by atoms with van der Waals surface area (Å²) in [5.41, 5.74) is 1.39. The van der Waals surface area contributed by atoms with Crippen molar-refractivity contribution in [2.75, 3.05) is 6.54 Å². The second kappa shape index (κ2) is 6.33. The van der Waals surface area contributed by atoms with E-state index in [0.717, 1.165) is 12.1 Å². The number of benzene rings is 2. The van der Waals surface area contributed by atoms with E-state index in [2.05, 4.69) is 5.32 Å². The molecule has 0 spiro atoms. The molecule has 2 aromatic carbocycles. The topological polar surface area (TPSA) is 12.0 Å². The van der Waals surface area contributed by atoms with Gasteiger partial charge in [-0.25, -0.2) is 8.78 Å². The molecule has 0 aliphatic rings. The Labute approximate surface area is 122 Å². The Bertz CT molecular complexity index is 613. The van der Waals surface area contributed by atoms with Gasteiger partial charge in [0.25, 0.3) is 0 Å². The van der Waals surface area contributed by atoms with Gasteiger partial charge in [-0.05, 0) is 49.4 Å². The quantitative estimate of drug-likeness (QED) is 0.841. The predicted octanol–water partition coefficient (Wildman–Crippen LogP) is 4.96. The molecule has 0 saturated carbocycles. The van der Waals surface area contributed by atoms with Gasteiger partial charge < -0.3 is 5.32 Å². The molecule has 1 unspecified atom stereocenters. The van der Waals surface area contributed by atoms with Gasteiger partial charge in [-0.2, -0.15) is 0 Å². The summed E-state index contributed by atoms with van der Waals surface area (Å²) in [6.07, 6.45) is 0. The summed E-state index contributed by atoms with van der Waals surface area (Å²) in [5, 5.41) is 3.54. The monoisotopic (exact) mass is 295 g/mol. The number of nitrogens with one attached hydrogen (secondary N) is 1. The van der Waals surface area contributed by atoms with Crippen molar-refractivity contribution in [2.24, 2.45) is 0 Å². The van der Waals surface area contributed by atoms with Crippen molar-refractivity contribution < 1.29 is 8.78 Å². The van der Waals surface area contributed by atoms with Crippen molar-refractivity contribution in [1.82, 2.24) is 5.32 Å². The van der Waals surface area contributed by atoms with Crippen molar-refractivity contribution in [1.29, 1.82) is 0 Å². The summed E-state index contributed by atoms with van der Waals surface area (Å²) in [7, 11) is 0. The molecule has 0 aliphatic carbocycles. The normalized spacial score (nSPS) is 12.4. The number of halogens is 3. The van der Waals surface area contributed by atoms with Gasteiger partial charge in [-0.15, -0.1) is 0 Å². The smallest absolute Gasteiger partial charge is 0.132 e. The van der Waals surface area contributed by atoms with Gasteiger partial charge in [0.2, 0.25) is 0 Å². The fourth-order valence-corrected chi connectivity index (χ4v) is 2.31. The zero-order valence-corrected chi connectivity index (χ0v) is 12.1. The fraction of sp³-hybridized carbons (Fsp3) is 0.250. The van der Waals surface area contributed by atoms with E-state index >= 15 is 0 Å². The average molecular weight is 296 g/mol. The van der Waals surface area contributed by atoms with Crippen LogP contribution < -0.4 is 5.32 Å². The standard InChI is InChI=1S/C16H16ClF2N/c1-3-20-10(2)11-4-7-15(18)14(8-11)13-6-5-12(17)9-16(13)19/h4-10,20H,3H2,1-2H3. The molecule has 0 radical (unpaired) electrons. The maximum Gasteiger partial charge on any atom is 0.132 e. The van der Waals surface area contributed by atoms with Crippen LogP contribution in [-0.4, -0.2) is 6.54 Å². The molecule has 1 nitrogen and oxygen atoms in total. The van der Waals surface area contributed by atoms with Crippen LogP contribution in [-0.2, 0) is 0 Å². The van der Waals surface area contributed by atoms with Crippen LogP contribution >= 0.6 is 11.6 Å². The van der Waals surface area contributed by atoms with E-state index in [1.165, 1.54) is 18.2 Å². The third kappa shape index (κ3) is 3.17. The molecule has 0 aromatic heterocycles. The Kier molecular flexibility index (Phi) is 4.73. The minimum atomic E-state index is -0.523. The van der Waals surface area contributed by atoms with Crippen molar-refractivity contribution in [3.05, 3.63) is 58.6 Å². The van der Waals surface area contributed by atoms with E-state index in [9.17, 15) is 8.78 Å². The van der Waals surface area contributed by atoms with E-state index in [0.29, 0.717) is 5.02 Å². The first-order valence-corrected chi connectivity index (χ1v) is 6.89. The van der Waals surface area contributed by atoms with Crippen molar-refractivity contribution in [2.45, 2.75) is 19.9 Å². The molecule has 0 amide bonds. The van der Waals surface area contributed by atoms with Gasteiger partial charge in [0.1, 0.15) is 11.6 Å². The lowest BCUT2D eigenvalue weighted by Gasteiger charge is -2.15. The van der Waals surface area contributed by atoms with Gasteiger partial charge in [0.05, 0.1) is 0 Å². The zero-order chi connectivity index (χ0) is 14.7. The Morgan fingerprint density at radius 3 is 2.45 bits per heavy atom. The van der Waals surface area contributed by atoms with Crippen LogP contribution in [0.3, 0.4) is 0 Å². The summed E-state index contributed by atoms with van der Waals surface area (Å²) in [6, 6.07) is 9.07. The van der Waals surface area contributed by atoms with Crippen LogP contribution in [0, 0.1) is 11.6 Å². The predicted molar refractivity (Wildman–Crippen MR) is 78.9 cm³/mol. The zero-order valence-electron chi connectivity index (χ0n) is 11.4. The first-order chi connectivity index (χ1) is 9.52. The second-order valence-corrected chi connectivity index (χ2v) is 5.08. The van der Waals surface area contributed by atoms with Gasteiger partial charge in [-0.3, -0.25) is 0 Å². The van der Waals surface area contributed by atoms with E-state index < -0.39 is 11.6 Å². The molecular weight excluding hydrogens is 280 g/mol. The molecular formula is C16H16ClF2N. The van der Waals surface area contributed by atoms with Crippen LogP contribution in [0.2, 0.25) is 5.02 Å². The van der Waals surface area contributed by atoms with E-state index in [4.69, 9.17) is 11.6 Å². The molecule has 0 aliphatic heterocycles. The van der Waals surface area contributed by atoms with Crippen molar-refractivity contribution in [3.8, 4) is 11.1 Å². The summed E-state index contributed by atoms with van der Waals surface area (Å²) in [5.74, 6) is -0.969. The Hall–Kier alpha value is -1.45. The highest BCUT2D eigenvalue weighted by atomic mass is 35.5. The lowest BCUT2D eigenvalue weighted by Crippen LogP contribution is -2.17. The van der Waals surface area contributed by atoms with E-state index in [1.54, 1.807) is 18.2 Å². The molecule has 0 heterocycles. The molecule has 4 heteroatoms. The number of hydrogen-bond acceptors (Lipinski definition) is 1. The van der Waals surface area contributed by atoms with Crippen LogP contribution in [0.1, 0.15) is 25.5 Å². The summed E-state index contributed by atoms with van der Waals surface area (Å²) in [4.78, 5) is 0. The first-order valence-electron chi connectivity index (χ1n) is 6.51. The molecule has 1 N–H and O–H groups in total. The minimum Gasteiger partial charge on any atom is -0.310 e. The molecule has 1 atom stereocenters. The summed E-state index contributed by atoms with van der Waals surface area (Å²) < 4.78 is 27.9. The highest BCUT2D eigenvalue weighted by molar-refractivity contribution is 6.30. The largest absolute Gasteiger partial charge is 0.310 e. The Balaban J connectivity index is 2.47. The third-order valence-electron chi connectivity index (χ3n) is 3.22. The van der Waals surface area contributed by atoms with E-state index in [-0.39, 0.29) is 17.2 Å². The second-order valence-electron chi connectivity index (χ2n) is 4.64. The maximum absolute atomic E-state index is 14.0. The van der Waals surface area contributed by atoms with Crippen LogP contribution in [0.25, 0.3) is 11.1 Å². The third-order valence-corrected chi connectivity index (χ3v) is 3.46. The SMILES string of the molecule is CCNC(C)c1ccc(F)c(-c2ccc(Cl)cc2F)c1. The lowest BCUT2D eigenvalue weighted by atomic mass is 9.99. The lowest BCUT2D eigenvalue weighted by molar-refractivity contribution is 0.591. The number of hydrogen-bond donors (Lipinski definition) is 1. The van der Waals surface area contributed by atoms with Crippen LogP contribution in [0.4, 0.5) is 8.78 Å². The average Bonchev–Trinajstić information content (AvgIpc) is 2.40. The van der Waals surface area contributed by atoms with Gasteiger partial charge in [-0.1, -0.05) is 24.6 Å². The molecule has 20 heavy (non-hydrogen) atoms. The fourth-order valence-electron chi connectivity index (χ4n) is 2.15. The molecule has 0 fully saturated rings. The Morgan fingerprint density at radius 1 is 1.05 bits per heavy atom. The molecule has 2 rings (SSSR count). The molecule has 2 aromatic rings. The molecule has 106 valence electrons. The Morgan fingerprint density at radius 2 is 1.80 bits per heavy atom. The minimum absolute atomic E-state index is 0.0784. The number of rotatable bonds is 4. The van der Waals surface area contributed by atoms with Gasteiger partial charge in [0.15, 0.2) is 0 Å². The van der Waals surface area contributed by atoms with Crippen LogP contribution in [0.15, 0.2) is 36.4 Å². The molecule has 0 saturated heterocycles. The summed E-state index contributed by atoms with van der Waals surface area (Å²) in [6.45, 7) is 4.79. The first kappa shape index (κ1) is 14.9. The molecule has 0 bridgehead atoms. The van der Waals surface area contributed by atoms with Crippen molar-refractivity contribution >= 4 is 11.6 Å². The van der Waals surface area contributed by atoms with Gasteiger partial charge in [0, 0.05) is 22.2 Å². The van der Waals surface area contributed by atoms with Gasteiger partial charge >= 0.3 is 0 Å². The van der Waals surface area contributed by atoms with Crippen LogP contribution in [0.5, 0.6) is 0 Å². The van der Waals surface area contributed by atoms with Crippen molar-refractivity contribution in [3.63, 3.8) is 0 Å². The highest BCUT2D eigenvalue weighted by Gasteiger charge is 2.13. The highest BCUT2D eigenvalue weighted by Crippen LogP contribution is 2.29. The maximum atomic E-state index is 14.0.